The van der Waals surface area contributed by atoms with Crippen molar-refractivity contribution >= 4 is 5.95 Å². The van der Waals surface area contributed by atoms with Gasteiger partial charge in [0.05, 0.1) is 5.69 Å². The summed E-state index contributed by atoms with van der Waals surface area (Å²) in [5.74, 6) is 0.590. The molecule has 0 aliphatic rings. The lowest BCUT2D eigenvalue weighted by Gasteiger charge is -2.05. The van der Waals surface area contributed by atoms with E-state index in [2.05, 4.69) is 20.3 Å². The lowest BCUT2D eigenvalue weighted by molar-refractivity contribution is 0.948. The Morgan fingerprint density at radius 3 is 2.94 bits per heavy atom. The first kappa shape index (κ1) is 10.5. The average molecular weight is 215 g/mol. The molecule has 0 aliphatic heterocycles. The van der Waals surface area contributed by atoms with Crippen molar-refractivity contribution in [3.05, 3.63) is 48.0 Å². The number of aromatic nitrogens is 3. The van der Waals surface area contributed by atoms with Crippen molar-refractivity contribution in [3.8, 4) is 0 Å². The lowest BCUT2D eigenvalue weighted by Crippen LogP contribution is -2.07. The maximum atomic E-state index is 5.50. The minimum atomic E-state index is 0.421. The summed E-state index contributed by atoms with van der Waals surface area (Å²) in [4.78, 5) is 12.4. The third kappa shape index (κ3) is 2.74. The highest BCUT2D eigenvalue weighted by Gasteiger charge is 1.97. The Balaban J connectivity index is 1.99. The molecule has 0 spiro atoms. The molecule has 0 unspecified atom stereocenters. The van der Waals surface area contributed by atoms with E-state index in [4.69, 9.17) is 5.73 Å². The highest BCUT2D eigenvalue weighted by molar-refractivity contribution is 5.27. The molecule has 5 nitrogen and oxygen atoms in total. The van der Waals surface area contributed by atoms with E-state index in [0.717, 1.165) is 11.3 Å². The number of rotatable bonds is 4. The normalized spacial score (nSPS) is 10.1. The van der Waals surface area contributed by atoms with Crippen molar-refractivity contribution in [1.29, 1.82) is 0 Å². The number of nitrogens with one attached hydrogen (secondary N) is 1. The summed E-state index contributed by atoms with van der Waals surface area (Å²) < 4.78 is 0. The Bertz CT molecular complexity index is 443. The van der Waals surface area contributed by atoms with Crippen LogP contribution in [0.1, 0.15) is 11.3 Å². The minimum Gasteiger partial charge on any atom is -0.350 e. The number of nitrogens with zero attached hydrogens (tertiary/aromatic N) is 3. The molecule has 0 amide bonds. The molecular formula is C11H13N5. The first-order chi connectivity index (χ1) is 7.88. The highest BCUT2D eigenvalue weighted by atomic mass is 15.1. The first-order valence-corrected chi connectivity index (χ1v) is 5.03. The summed E-state index contributed by atoms with van der Waals surface area (Å²) in [5, 5.41) is 3.12. The van der Waals surface area contributed by atoms with Gasteiger partial charge in [0.2, 0.25) is 5.95 Å². The average Bonchev–Trinajstić information content (AvgIpc) is 2.38. The smallest absolute Gasteiger partial charge is 0.223 e. The molecule has 2 heterocycles. The number of hydrogen-bond donors (Lipinski definition) is 2. The molecule has 16 heavy (non-hydrogen) atoms. The van der Waals surface area contributed by atoms with E-state index in [9.17, 15) is 0 Å². The quantitative estimate of drug-likeness (QED) is 0.793. The predicted molar refractivity (Wildman–Crippen MR) is 61.5 cm³/mol. The van der Waals surface area contributed by atoms with Gasteiger partial charge in [0.15, 0.2) is 0 Å². The molecule has 0 atom stereocenters. The standard InChI is InChI=1S/C11H13N5/c12-6-10-3-5-14-11(16-10)15-8-9-2-1-4-13-7-9/h1-5,7H,6,8,12H2,(H,14,15,16). The van der Waals surface area contributed by atoms with E-state index in [1.807, 2.05) is 12.1 Å². The Hall–Kier alpha value is -2.01. The van der Waals surface area contributed by atoms with Crippen LogP contribution in [0.5, 0.6) is 0 Å². The van der Waals surface area contributed by atoms with Crippen molar-refractivity contribution in [3.63, 3.8) is 0 Å². The molecule has 0 bridgehead atoms. The van der Waals surface area contributed by atoms with E-state index < -0.39 is 0 Å². The van der Waals surface area contributed by atoms with Gasteiger partial charge in [0.25, 0.3) is 0 Å². The van der Waals surface area contributed by atoms with Crippen molar-refractivity contribution in [2.75, 3.05) is 5.32 Å². The van der Waals surface area contributed by atoms with Crippen LogP contribution in [0, 0.1) is 0 Å². The van der Waals surface area contributed by atoms with Crippen LogP contribution < -0.4 is 11.1 Å². The van der Waals surface area contributed by atoms with Crippen LogP contribution in [0.25, 0.3) is 0 Å². The van der Waals surface area contributed by atoms with Crippen molar-refractivity contribution in [2.24, 2.45) is 5.73 Å². The van der Waals surface area contributed by atoms with E-state index >= 15 is 0 Å². The van der Waals surface area contributed by atoms with E-state index in [-0.39, 0.29) is 0 Å². The summed E-state index contributed by atoms with van der Waals surface area (Å²) in [7, 11) is 0. The largest absolute Gasteiger partial charge is 0.350 e. The lowest BCUT2D eigenvalue weighted by atomic mass is 10.3. The fraction of sp³-hybridized carbons (Fsp3) is 0.182. The predicted octanol–water partition coefficient (Wildman–Crippen LogP) is 0.942. The maximum absolute atomic E-state index is 5.50. The van der Waals surface area contributed by atoms with Gasteiger partial charge in [0, 0.05) is 31.7 Å². The fourth-order valence-electron chi connectivity index (χ4n) is 1.28. The van der Waals surface area contributed by atoms with E-state index in [1.54, 1.807) is 24.7 Å². The zero-order valence-electron chi connectivity index (χ0n) is 8.80. The monoisotopic (exact) mass is 215 g/mol. The molecule has 82 valence electrons. The van der Waals surface area contributed by atoms with Gasteiger partial charge in [-0.05, 0) is 17.7 Å². The molecule has 0 aliphatic carbocycles. The topological polar surface area (TPSA) is 76.7 Å². The Morgan fingerprint density at radius 1 is 1.25 bits per heavy atom. The summed E-state index contributed by atoms with van der Waals surface area (Å²) in [5.41, 5.74) is 7.41. The van der Waals surface area contributed by atoms with Crippen LogP contribution >= 0.6 is 0 Å². The number of pyridine rings is 1. The molecule has 0 radical (unpaired) electrons. The van der Waals surface area contributed by atoms with Gasteiger partial charge in [-0.15, -0.1) is 0 Å². The minimum absolute atomic E-state index is 0.421. The molecule has 2 aromatic heterocycles. The second kappa shape index (κ2) is 5.18. The van der Waals surface area contributed by atoms with Gasteiger partial charge in [-0.2, -0.15) is 0 Å². The summed E-state index contributed by atoms with van der Waals surface area (Å²) in [6.07, 6.45) is 5.25. The first-order valence-electron chi connectivity index (χ1n) is 5.03. The fourth-order valence-corrected chi connectivity index (χ4v) is 1.28. The molecule has 0 saturated heterocycles. The molecule has 5 heteroatoms. The van der Waals surface area contributed by atoms with Gasteiger partial charge < -0.3 is 11.1 Å². The van der Waals surface area contributed by atoms with E-state index in [0.29, 0.717) is 19.0 Å². The summed E-state index contributed by atoms with van der Waals surface area (Å²) >= 11 is 0. The van der Waals surface area contributed by atoms with Gasteiger partial charge in [-0.3, -0.25) is 4.98 Å². The Morgan fingerprint density at radius 2 is 2.19 bits per heavy atom. The molecule has 3 N–H and O–H groups in total. The maximum Gasteiger partial charge on any atom is 0.223 e. The Labute approximate surface area is 93.8 Å². The van der Waals surface area contributed by atoms with Gasteiger partial charge >= 0.3 is 0 Å². The second-order valence-corrected chi connectivity index (χ2v) is 3.29. The van der Waals surface area contributed by atoms with Crippen LogP contribution in [0.3, 0.4) is 0 Å². The zero-order valence-corrected chi connectivity index (χ0v) is 8.80. The molecule has 0 fully saturated rings. The van der Waals surface area contributed by atoms with Gasteiger partial charge in [0.1, 0.15) is 0 Å². The second-order valence-electron chi connectivity index (χ2n) is 3.29. The van der Waals surface area contributed by atoms with Gasteiger partial charge in [-0.1, -0.05) is 6.07 Å². The van der Waals surface area contributed by atoms with Crippen molar-refractivity contribution in [2.45, 2.75) is 13.1 Å². The molecule has 0 aromatic carbocycles. The SMILES string of the molecule is NCc1ccnc(NCc2cccnc2)n1. The third-order valence-electron chi connectivity index (χ3n) is 2.10. The number of nitrogens with two attached hydrogens (primary N) is 1. The van der Waals surface area contributed by atoms with Gasteiger partial charge in [-0.25, -0.2) is 9.97 Å². The molecular weight excluding hydrogens is 202 g/mol. The molecule has 2 aromatic rings. The van der Waals surface area contributed by atoms with E-state index in [1.165, 1.54) is 0 Å². The Kier molecular flexibility index (Phi) is 3.40. The van der Waals surface area contributed by atoms with Crippen LogP contribution in [-0.4, -0.2) is 15.0 Å². The van der Waals surface area contributed by atoms with Crippen molar-refractivity contribution in [1.82, 2.24) is 15.0 Å². The number of anilines is 1. The summed E-state index contributed by atoms with van der Waals surface area (Å²) in [6, 6.07) is 5.69. The van der Waals surface area contributed by atoms with Crippen LogP contribution in [-0.2, 0) is 13.1 Å². The van der Waals surface area contributed by atoms with Crippen molar-refractivity contribution < 1.29 is 0 Å². The highest BCUT2D eigenvalue weighted by Crippen LogP contribution is 2.03. The summed E-state index contributed by atoms with van der Waals surface area (Å²) in [6.45, 7) is 1.08. The number of hydrogen-bond acceptors (Lipinski definition) is 5. The molecule has 0 saturated carbocycles. The van der Waals surface area contributed by atoms with Crippen LogP contribution in [0.4, 0.5) is 5.95 Å². The molecule has 2 rings (SSSR count). The van der Waals surface area contributed by atoms with Crippen LogP contribution in [0.15, 0.2) is 36.8 Å². The van der Waals surface area contributed by atoms with Crippen LogP contribution in [0.2, 0.25) is 0 Å². The third-order valence-corrected chi connectivity index (χ3v) is 2.10. The zero-order chi connectivity index (χ0) is 11.2.